The molecule has 0 aliphatic carbocycles. The average Bonchev–Trinajstić information content (AvgIpc) is 2.56. The molecule has 0 aliphatic rings. The summed E-state index contributed by atoms with van der Waals surface area (Å²) in [6, 6.07) is 2.96. The van der Waals surface area contributed by atoms with Gasteiger partial charge < -0.3 is 10.2 Å². The van der Waals surface area contributed by atoms with Gasteiger partial charge in [-0.25, -0.2) is 0 Å². The minimum Gasteiger partial charge on any atom is -0.467 e. The average molecular weight is 196 g/mol. The summed E-state index contributed by atoms with van der Waals surface area (Å²) in [6.07, 6.45) is 1.53. The Balaban J connectivity index is 2.61. The molecule has 1 aromatic heterocycles. The molecule has 1 rings (SSSR count). The van der Waals surface area contributed by atoms with Crippen LogP contribution in [0.25, 0.3) is 0 Å². The van der Waals surface area contributed by atoms with Crippen molar-refractivity contribution in [3.8, 4) is 0 Å². The minimum atomic E-state index is -0.521. The van der Waals surface area contributed by atoms with E-state index in [0.29, 0.717) is 11.7 Å². The Bertz CT molecular complexity index is 280. The summed E-state index contributed by atoms with van der Waals surface area (Å²) in [4.78, 5) is 11.1. The summed E-state index contributed by atoms with van der Waals surface area (Å²) in [5, 5.41) is 3.05. The Morgan fingerprint density at radius 1 is 1.64 bits per heavy atom. The second-order valence-corrected chi connectivity index (χ2v) is 3.65. The molecule has 0 spiro atoms. The quantitative estimate of drug-likeness (QED) is 0.739. The number of hydrogen-bond donors (Lipinski definition) is 2. The summed E-state index contributed by atoms with van der Waals surface area (Å²) in [5.41, 5.74) is 5.25. The monoisotopic (exact) mass is 196 g/mol. The van der Waals surface area contributed by atoms with E-state index < -0.39 is 11.9 Å². The van der Waals surface area contributed by atoms with Gasteiger partial charge in [0.2, 0.25) is 5.91 Å². The third-order valence-electron chi connectivity index (χ3n) is 1.84. The van der Waals surface area contributed by atoms with Gasteiger partial charge in [0.1, 0.15) is 11.8 Å². The highest BCUT2D eigenvalue weighted by atomic mass is 16.3. The second kappa shape index (κ2) is 4.81. The Labute approximate surface area is 83.5 Å². The third kappa shape index (κ3) is 2.88. The van der Waals surface area contributed by atoms with Crippen molar-refractivity contribution >= 4 is 5.91 Å². The van der Waals surface area contributed by atoms with E-state index in [2.05, 4.69) is 19.2 Å². The summed E-state index contributed by atoms with van der Waals surface area (Å²) in [6.45, 7) is 4.86. The van der Waals surface area contributed by atoms with Crippen LogP contribution in [-0.4, -0.2) is 12.5 Å². The fourth-order valence-electron chi connectivity index (χ4n) is 1.15. The second-order valence-electron chi connectivity index (χ2n) is 3.65. The van der Waals surface area contributed by atoms with E-state index in [-0.39, 0.29) is 0 Å². The number of primary amides is 1. The maximum absolute atomic E-state index is 11.1. The van der Waals surface area contributed by atoms with E-state index in [0.717, 1.165) is 6.54 Å². The Morgan fingerprint density at radius 3 is 2.79 bits per heavy atom. The molecular formula is C10H16N2O2. The highest BCUT2D eigenvalue weighted by molar-refractivity contribution is 5.80. The van der Waals surface area contributed by atoms with Crippen LogP contribution in [0.1, 0.15) is 25.6 Å². The summed E-state index contributed by atoms with van der Waals surface area (Å²) < 4.78 is 5.13. The molecule has 14 heavy (non-hydrogen) atoms. The van der Waals surface area contributed by atoms with Gasteiger partial charge in [-0.1, -0.05) is 13.8 Å². The summed E-state index contributed by atoms with van der Waals surface area (Å²) >= 11 is 0. The van der Waals surface area contributed by atoms with E-state index in [1.54, 1.807) is 12.1 Å². The number of carbonyl (C=O) groups is 1. The van der Waals surface area contributed by atoms with Gasteiger partial charge in [-0.3, -0.25) is 10.1 Å². The highest BCUT2D eigenvalue weighted by Crippen LogP contribution is 2.12. The van der Waals surface area contributed by atoms with E-state index in [4.69, 9.17) is 10.2 Å². The lowest BCUT2D eigenvalue weighted by molar-refractivity contribution is -0.120. The van der Waals surface area contributed by atoms with Crippen LogP contribution in [0.2, 0.25) is 0 Å². The molecule has 0 radical (unpaired) electrons. The molecule has 78 valence electrons. The Kier molecular flexibility index (Phi) is 3.71. The lowest BCUT2D eigenvalue weighted by Crippen LogP contribution is -2.35. The van der Waals surface area contributed by atoms with E-state index >= 15 is 0 Å². The van der Waals surface area contributed by atoms with E-state index in [1.807, 2.05) is 0 Å². The molecule has 0 fully saturated rings. The van der Waals surface area contributed by atoms with Gasteiger partial charge in [0.15, 0.2) is 0 Å². The van der Waals surface area contributed by atoms with Gasteiger partial charge >= 0.3 is 0 Å². The molecule has 1 heterocycles. The molecule has 1 unspecified atom stereocenters. The largest absolute Gasteiger partial charge is 0.467 e. The fourth-order valence-corrected chi connectivity index (χ4v) is 1.15. The number of nitrogens with two attached hydrogens (primary N) is 1. The van der Waals surface area contributed by atoms with Crippen LogP contribution in [-0.2, 0) is 4.79 Å². The summed E-state index contributed by atoms with van der Waals surface area (Å²) in [7, 11) is 0. The van der Waals surface area contributed by atoms with Crippen LogP contribution in [0.5, 0.6) is 0 Å². The Hall–Kier alpha value is -1.29. The zero-order valence-corrected chi connectivity index (χ0v) is 8.49. The Morgan fingerprint density at radius 2 is 2.36 bits per heavy atom. The smallest absolute Gasteiger partial charge is 0.242 e. The number of nitrogens with one attached hydrogen (secondary N) is 1. The molecule has 0 saturated carbocycles. The number of furan rings is 1. The fraction of sp³-hybridized carbons (Fsp3) is 0.500. The first-order chi connectivity index (χ1) is 6.61. The number of hydrogen-bond acceptors (Lipinski definition) is 3. The lowest BCUT2D eigenvalue weighted by atomic mass is 10.1. The van der Waals surface area contributed by atoms with Gasteiger partial charge in [0.25, 0.3) is 0 Å². The van der Waals surface area contributed by atoms with Crippen molar-refractivity contribution in [2.24, 2.45) is 11.7 Å². The van der Waals surface area contributed by atoms with Crippen LogP contribution in [0.4, 0.5) is 0 Å². The van der Waals surface area contributed by atoms with Crippen LogP contribution >= 0.6 is 0 Å². The zero-order chi connectivity index (χ0) is 10.6. The van der Waals surface area contributed by atoms with Gasteiger partial charge in [-0.05, 0) is 24.6 Å². The van der Waals surface area contributed by atoms with Crippen molar-refractivity contribution in [3.05, 3.63) is 24.2 Å². The third-order valence-corrected chi connectivity index (χ3v) is 1.84. The van der Waals surface area contributed by atoms with Gasteiger partial charge in [-0.15, -0.1) is 0 Å². The SMILES string of the molecule is CC(C)CNC(C(N)=O)c1ccco1. The first-order valence-corrected chi connectivity index (χ1v) is 4.67. The predicted octanol–water partition coefficient (Wildman–Crippen LogP) is 1.05. The van der Waals surface area contributed by atoms with Crippen LogP contribution in [0.15, 0.2) is 22.8 Å². The normalized spacial score (nSPS) is 13.1. The maximum Gasteiger partial charge on any atom is 0.242 e. The van der Waals surface area contributed by atoms with Crippen LogP contribution in [0, 0.1) is 5.92 Å². The van der Waals surface area contributed by atoms with Crippen molar-refractivity contribution in [2.45, 2.75) is 19.9 Å². The molecule has 0 bridgehead atoms. The van der Waals surface area contributed by atoms with Crippen molar-refractivity contribution < 1.29 is 9.21 Å². The lowest BCUT2D eigenvalue weighted by Gasteiger charge is -2.14. The number of amides is 1. The zero-order valence-electron chi connectivity index (χ0n) is 8.49. The predicted molar refractivity (Wildman–Crippen MR) is 53.5 cm³/mol. The number of carbonyl (C=O) groups excluding carboxylic acids is 1. The number of rotatable bonds is 5. The topological polar surface area (TPSA) is 68.3 Å². The summed E-state index contributed by atoms with van der Waals surface area (Å²) in [5.74, 6) is 0.616. The van der Waals surface area contributed by atoms with Crippen LogP contribution in [0.3, 0.4) is 0 Å². The first kappa shape index (κ1) is 10.8. The highest BCUT2D eigenvalue weighted by Gasteiger charge is 2.19. The van der Waals surface area contributed by atoms with E-state index in [1.165, 1.54) is 6.26 Å². The minimum absolute atomic E-state index is 0.416. The first-order valence-electron chi connectivity index (χ1n) is 4.67. The molecule has 0 aliphatic heterocycles. The van der Waals surface area contributed by atoms with Crippen molar-refractivity contribution in [1.29, 1.82) is 0 Å². The molecule has 0 saturated heterocycles. The van der Waals surface area contributed by atoms with Crippen molar-refractivity contribution in [1.82, 2.24) is 5.32 Å². The standard InChI is InChI=1S/C10H16N2O2/c1-7(2)6-12-9(10(11)13)8-4-3-5-14-8/h3-5,7,9,12H,6H2,1-2H3,(H2,11,13). The van der Waals surface area contributed by atoms with Gasteiger partial charge in [-0.2, -0.15) is 0 Å². The molecule has 1 atom stereocenters. The molecular weight excluding hydrogens is 180 g/mol. The molecule has 1 aromatic rings. The molecule has 0 aromatic carbocycles. The van der Waals surface area contributed by atoms with Gasteiger partial charge in [0.05, 0.1) is 6.26 Å². The molecule has 1 amide bonds. The van der Waals surface area contributed by atoms with E-state index in [9.17, 15) is 4.79 Å². The maximum atomic E-state index is 11.1. The van der Waals surface area contributed by atoms with Gasteiger partial charge in [0, 0.05) is 0 Å². The molecule has 4 nitrogen and oxygen atoms in total. The van der Waals surface area contributed by atoms with Crippen LogP contribution < -0.4 is 11.1 Å². The van der Waals surface area contributed by atoms with Crippen molar-refractivity contribution in [2.75, 3.05) is 6.54 Å². The molecule has 3 N–H and O–H groups in total. The van der Waals surface area contributed by atoms with Crippen molar-refractivity contribution in [3.63, 3.8) is 0 Å². The molecule has 4 heteroatoms.